The number of nitrogens with one attached hydrogen (secondary N) is 1. The van der Waals surface area contributed by atoms with Crippen molar-refractivity contribution < 1.29 is 29.3 Å². The second-order valence-corrected chi connectivity index (χ2v) is 6.99. The highest BCUT2D eigenvalue weighted by Gasteiger charge is 2.29. The lowest BCUT2D eigenvalue weighted by Gasteiger charge is -2.19. The Hall–Kier alpha value is -2.21. The third kappa shape index (κ3) is 4.39. The monoisotopic (exact) mass is 337 g/mol. The quantitative estimate of drug-likeness (QED) is 0.565. The summed E-state index contributed by atoms with van der Waals surface area (Å²) in [4.78, 5) is 31.9. The van der Waals surface area contributed by atoms with Crippen molar-refractivity contribution in [3.05, 3.63) is 42.5 Å². The molecule has 0 saturated carbocycles. The van der Waals surface area contributed by atoms with Gasteiger partial charge in [-0.3, -0.25) is 14.2 Å². The fourth-order valence-electron chi connectivity index (χ4n) is 2.16. The van der Waals surface area contributed by atoms with E-state index < -0.39 is 31.9 Å². The largest absolute Gasteiger partial charge is 0.481 e. The summed E-state index contributed by atoms with van der Waals surface area (Å²) in [5, 5.41) is 21.6. The second-order valence-electron chi connectivity index (χ2n) is 5.06. The van der Waals surface area contributed by atoms with Gasteiger partial charge in [-0.05, 0) is 29.3 Å². The van der Waals surface area contributed by atoms with Crippen LogP contribution < -0.4 is 10.4 Å². The third-order valence-corrected chi connectivity index (χ3v) is 5.00. The summed E-state index contributed by atoms with van der Waals surface area (Å²) in [6.07, 6.45) is -0.704. The SMILES string of the molecule is O=C(O)CCC(NP(=O)(O)c1ccc2ccccc2c1)C(=O)O. The van der Waals surface area contributed by atoms with Gasteiger partial charge in [-0.25, -0.2) is 5.09 Å². The minimum absolute atomic E-state index is 0.0674. The maximum Gasteiger partial charge on any atom is 0.321 e. The highest BCUT2D eigenvalue weighted by molar-refractivity contribution is 7.64. The van der Waals surface area contributed by atoms with Gasteiger partial charge in [-0.1, -0.05) is 30.3 Å². The molecule has 0 spiro atoms. The van der Waals surface area contributed by atoms with Crippen LogP contribution in [-0.4, -0.2) is 33.1 Å². The van der Waals surface area contributed by atoms with Crippen molar-refractivity contribution in [2.24, 2.45) is 0 Å². The summed E-state index contributed by atoms with van der Waals surface area (Å²) in [6.45, 7) is 0. The van der Waals surface area contributed by atoms with E-state index in [0.29, 0.717) is 0 Å². The Balaban J connectivity index is 2.25. The number of carboxylic acid groups (broad SMARTS) is 2. The number of benzene rings is 2. The van der Waals surface area contributed by atoms with Gasteiger partial charge >= 0.3 is 11.9 Å². The van der Waals surface area contributed by atoms with Crippen molar-refractivity contribution >= 4 is 35.5 Å². The van der Waals surface area contributed by atoms with E-state index in [4.69, 9.17) is 10.2 Å². The molecule has 2 aromatic carbocycles. The average molecular weight is 337 g/mol. The van der Waals surface area contributed by atoms with Gasteiger partial charge in [-0.2, -0.15) is 0 Å². The number of carboxylic acids is 2. The van der Waals surface area contributed by atoms with Gasteiger partial charge in [0.2, 0.25) is 0 Å². The Morgan fingerprint density at radius 2 is 1.74 bits per heavy atom. The number of hydrogen-bond acceptors (Lipinski definition) is 3. The summed E-state index contributed by atoms with van der Waals surface area (Å²) in [6, 6.07) is 10.5. The zero-order valence-electron chi connectivity index (χ0n) is 12.0. The Labute approximate surface area is 132 Å². The maximum atomic E-state index is 12.5. The van der Waals surface area contributed by atoms with Gasteiger partial charge in [0.05, 0.1) is 5.30 Å². The summed E-state index contributed by atoms with van der Waals surface area (Å²) in [5.74, 6) is -2.54. The molecule has 0 bridgehead atoms. The lowest BCUT2D eigenvalue weighted by Crippen LogP contribution is -2.37. The van der Waals surface area contributed by atoms with Crippen molar-refractivity contribution in [1.82, 2.24) is 5.09 Å². The van der Waals surface area contributed by atoms with E-state index in [1.54, 1.807) is 18.2 Å². The number of rotatable bonds is 7. The van der Waals surface area contributed by atoms with E-state index in [2.05, 4.69) is 5.09 Å². The molecule has 0 radical (unpaired) electrons. The van der Waals surface area contributed by atoms with E-state index in [-0.39, 0.29) is 11.7 Å². The molecule has 7 nitrogen and oxygen atoms in total. The molecule has 0 fully saturated rings. The molecule has 0 aliphatic carbocycles. The first-order valence-electron chi connectivity index (χ1n) is 6.84. The van der Waals surface area contributed by atoms with E-state index in [1.165, 1.54) is 12.1 Å². The van der Waals surface area contributed by atoms with Gasteiger partial charge in [0.25, 0.3) is 7.52 Å². The second kappa shape index (κ2) is 6.91. The summed E-state index contributed by atoms with van der Waals surface area (Å²) in [7, 11) is -4.14. The van der Waals surface area contributed by atoms with Crippen LogP contribution >= 0.6 is 7.52 Å². The van der Waals surface area contributed by atoms with E-state index in [9.17, 15) is 19.0 Å². The van der Waals surface area contributed by atoms with Crippen LogP contribution in [0.4, 0.5) is 0 Å². The molecule has 0 amide bonds. The van der Waals surface area contributed by atoms with Gasteiger partial charge in [0.1, 0.15) is 6.04 Å². The zero-order valence-corrected chi connectivity index (χ0v) is 12.9. The molecule has 0 aromatic heterocycles. The first-order chi connectivity index (χ1) is 10.8. The number of carbonyl (C=O) groups is 2. The van der Waals surface area contributed by atoms with Crippen LogP contribution in [0.2, 0.25) is 0 Å². The average Bonchev–Trinajstić information content (AvgIpc) is 2.50. The predicted molar refractivity (Wildman–Crippen MR) is 84.8 cm³/mol. The highest BCUT2D eigenvalue weighted by atomic mass is 31.2. The zero-order chi connectivity index (χ0) is 17.0. The van der Waals surface area contributed by atoms with Crippen LogP contribution in [0, 0.1) is 0 Å². The molecule has 0 heterocycles. The number of fused-ring (bicyclic) bond motifs is 1. The highest BCUT2D eigenvalue weighted by Crippen LogP contribution is 2.36. The van der Waals surface area contributed by atoms with Crippen LogP contribution in [0.25, 0.3) is 10.8 Å². The normalized spacial score (nSPS) is 15.0. The fourth-order valence-corrected chi connectivity index (χ4v) is 3.56. The molecular formula is C15H16NO6P. The number of hydrogen-bond donors (Lipinski definition) is 4. The molecule has 2 atom stereocenters. The first-order valence-corrected chi connectivity index (χ1v) is 8.50. The van der Waals surface area contributed by atoms with Crippen molar-refractivity contribution in [3.8, 4) is 0 Å². The lowest BCUT2D eigenvalue weighted by molar-refractivity contribution is -0.140. The molecule has 2 aromatic rings. The lowest BCUT2D eigenvalue weighted by atomic mass is 10.1. The number of aliphatic carboxylic acids is 2. The standard InChI is InChI=1S/C15H16NO6P/c17-14(18)8-7-13(15(19)20)16-23(21,22)12-6-5-10-3-1-2-4-11(10)9-12/h1-6,9,13H,7-8H2,(H,17,18)(H,19,20)(H2,16,21,22). The topological polar surface area (TPSA) is 124 Å². The van der Waals surface area contributed by atoms with Crippen LogP contribution in [0.1, 0.15) is 12.8 Å². The Bertz CT molecular complexity index is 790. The summed E-state index contributed by atoms with van der Waals surface area (Å²) < 4.78 is 12.5. The summed E-state index contributed by atoms with van der Waals surface area (Å²) >= 11 is 0. The minimum Gasteiger partial charge on any atom is -0.481 e. The first kappa shape index (κ1) is 17.1. The molecule has 0 aliphatic rings. The molecule has 8 heteroatoms. The minimum atomic E-state index is -4.14. The van der Waals surface area contributed by atoms with Gasteiger partial charge in [-0.15, -0.1) is 0 Å². The van der Waals surface area contributed by atoms with Crippen LogP contribution in [0.15, 0.2) is 42.5 Å². The maximum absolute atomic E-state index is 12.5. The predicted octanol–water partition coefficient (Wildman–Crippen LogP) is 1.56. The van der Waals surface area contributed by atoms with Crippen LogP contribution in [-0.2, 0) is 14.2 Å². The van der Waals surface area contributed by atoms with Crippen molar-refractivity contribution in [2.45, 2.75) is 18.9 Å². The molecule has 122 valence electrons. The molecule has 4 N–H and O–H groups in total. The fraction of sp³-hybridized carbons (Fsp3) is 0.200. The smallest absolute Gasteiger partial charge is 0.321 e. The van der Waals surface area contributed by atoms with Gasteiger partial charge in [0, 0.05) is 6.42 Å². The molecule has 2 unspecified atom stereocenters. The van der Waals surface area contributed by atoms with E-state index in [1.807, 2.05) is 12.1 Å². The van der Waals surface area contributed by atoms with Crippen molar-refractivity contribution in [3.63, 3.8) is 0 Å². The Morgan fingerprint density at radius 1 is 1.09 bits per heavy atom. The van der Waals surface area contributed by atoms with E-state index in [0.717, 1.165) is 10.8 Å². The van der Waals surface area contributed by atoms with Gasteiger partial charge < -0.3 is 15.1 Å². The molecule has 2 rings (SSSR count). The molecular weight excluding hydrogens is 321 g/mol. The van der Waals surface area contributed by atoms with Crippen molar-refractivity contribution in [1.29, 1.82) is 0 Å². The van der Waals surface area contributed by atoms with Crippen LogP contribution in [0.3, 0.4) is 0 Å². The Kier molecular flexibility index (Phi) is 5.15. The van der Waals surface area contributed by atoms with E-state index >= 15 is 0 Å². The molecule has 0 saturated heterocycles. The Morgan fingerprint density at radius 3 is 2.35 bits per heavy atom. The van der Waals surface area contributed by atoms with Crippen LogP contribution in [0.5, 0.6) is 0 Å². The molecule has 23 heavy (non-hydrogen) atoms. The third-order valence-electron chi connectivity index (χ3n) is 3.36. The summed E-state index contributed by atoms with van der Waals surface area (Å²) in [5.41, 5.74) is 0. The van der Waals surface area contributed by atoms with Gasteiger partial charge in [0.15, 0.2) is 0 Å². The van der Waals surface area contributed by atoms with Crippen molar-refractivity contribution in [2.75, 3.05) is 0 Å². The molecule has 0 aliphatic heterocycles.